The van der Waals surface area contributed by atoms with E-state index in [1.807, 2.05) is 20.8 Å². The predicted molar refractivity (Wildman–Crippen MR) is 73.4 cm³/mol. The van der Waals surface area contributed by atoms with Crippen molar-refractivity contribution in [1.82, 2.24) is 0 Å². The lowest BCUT2D eigenvalue weighted by molar-refractivity contribution is 0.00230. The van der Waals surface area contributed by atoms with Gasteiger partial charge in [0.1, 0.15) is 16.7 Å². The van der Waals surface area contributed by atoms with Crippen LogP contribution in [0.5, 0.6) is 0 Å². The highest BCUT2D eigenvalue weighted by Gasteiger charge is 2.32. The van der Waals surface area contributed by atoms with E-state index in [9.17, 15) is 9.90 Å². The van der Waals surface area contributed by atoms with Crippen molar-refractivity contribution >= 4 is 22.3 Å². The normalized spacial score (nSPS) is 19.1. The minimum atomic E-state index is -0.556. The summed E-state index contributed by atoms with van der Waals surface area (Å²) in [7, 11) is 0. The number of anilines is 1. The molecule has 5 nitrogen and oxygen atoms in total. The third-order valence-corrected chi connectivity index (χ3v) is 3.95. The summed E-state index contributed by atoms with van der Waals surface area (Å²) in [5.41, 5.74) is 6.69. The summed E-state index contributed by atoms with van der Waals surface area (Å²) in [6.07, 6.45) is 0.237. The van der Waals surface area contributed by atoms with Crippen LogP contribution in [-0.4, -0.2) is 29.9 Å². The fourth-order valence-electron chi connectivity index (χ4n) is 2.08. The van der Waals surface area contributed by atoms with Gasteiger partial charge in [-0.2, -0.15) is 0 Å². The smallest absolute Gasteiger partial charge is 0.341 e. The van der Waals surface area contributed by atoms with Crippen molar-refractivity contribution in [3.05, 3.63) is 16.0 Å². The lowest BCUT2D eigenvalue weighted by atomic mass is 10.0. The highest BCUT2D eigenvalue weighted by atomic mass is 32.1. The number of carbonyl (C=O) groups excluding carboxylic acids is 1. The molecule has 1 aliphatic rings. The van der Waals surface area contributed by atoms with Crippen LogP contribution in [-0.2, 0) is 15.9 Å². The van der Waals surface area contributed by atoms with Crippen LogP contribution in [0.4, 0.5) is 5.00 Å². The van der Waals surface area contributed by atoms with Gasteiger partial charge in [-0.1, -0.05) is 0 Å². The molecule has 1 aliphatic heterocycles. The van der Waals surface area contributed by atoms with Crippen molar-refractivity contribution in [2.24, 2.45) is 0 Å². The monoisotopic (exact) mass is 285 g/mol. The van der Waals surface area contributed by atoms with E-state index in [0.717, 1.165) is 10.4 Å². The number of esters is 1. The molecule has 1 aromatic heterocycles. The van der Waals surface area contributed by atoms with Gasteiger partial charge in [0, 0.05) is 4.88 Å². The number of carbonyl (C=O) groups is 1. The Kier molecular flexibility index (Phi) is 3.85. The van der Waals surface area contributed by atoms with Crippen molar-refractivity contribution in [3.8, 4) is 0 Å². The molecule has 0 saturated heterocycles. The van der Waals surface area contributed by atoms with Crippen LogP contribution in [0, 0.1) is 0 Å². The first-order valence-corrected chi connectivity index (χ1v) is 7.02. The molecule has 6 heteroatoms. The Bertz CT molecular complexity index is 490. The topological polar surface area (TPSA) is 81.8 Å². The lowest BCUT2D eigenvalue weighted by Gasteiger charge is -2.23. The van der Waals surface area contributed by atoms with Gasteiger partial charge >= 0.3 is 5.97 Å². The molecule has 0 aliphatic carbocycles. The second-order valence-corrected chi connectivity index (χ2v) is 6.56. The van der Waals surface area contributed by atoms with Gasteiger partial charge in [0.05, 0.1) is 18.8 Å². The molecular weight excluding hydrogens is 266 g/mol. The molecule has 1 aromatic rings. The van der Waals surface area contributed by atoms with E-state index >= 15 is 0 Å². The van der Waals surface area contributed by atoms with Crippen LogP contribution in [0.25, 0.3) is 0 Å². The fourth-order valence-corrected chi connectivity index (χ4v) is 3.23. The highest BCUT2D eigenvalue weighted by Crippen LogP contribution is 2.40. The Hall–Kier alpha value is -1.11. The van der Waals surface area contributed by atoms with Crippen molar-refractivity contribution < 1.29 is 19.4 Å². The quantitative estimate of drug-likeness (QED) is 0.811. The molecule has 3 N–H and O–H groups in total. The number of nitrogen functional groups attached to an aromatic ring is 1. The number of hydrogen-bond donors (Lipinski definition) is 2. The van der Waals surface area contributed by atoms with E-state index in [1.165, 1.54) is 11.3 Å². The van der Waals surface area contributed by atoms with Crippen molar-refractivity contribution in [2.75, 3.05) is 18.9 Å². The first-order valence-electron chi connectivity index (χ1n) is 6.20. The molecule has 0 aromatic carbocycles. The Morgan fingerprint density at radius 2 is 2.26 bits per heavy atom. The first-order chi connectivity index (χ1) is 8.83. The molecule has 1 unspecified atom stereocenters. The standard InChI is InChI=1S/C13H19NO4S/c1-13(2,3)18-12(16)9-7-4-5-17-8(6-15)10(7)19-11(9)14/h8,15H,4-6,14H2,1-3H3. The van der Waals surface area contributed by atoms with Crippen LogP contribution in [0.15, 0.2) is 0 Å². The van der Waals surface area contributed by atoms with Crippen LogP contribution < -0.4 is 5.73 Å². The first kappa shape index (κ1) is 14.3. The molecule has 1 atom stereocenters. The molecule has 0 bridgehead atoms. The fraction of sp³-hybridized carbons (Fsp3) is 0.615. The second-order valence-electron chi connectivity index (χ2n) is 5.48. The van der Waals surface area contributed by atoms with Gasteiger partial charge in [0.2, 0.25) is 0 Å². The van der Waals surface area contributed by atoms with Gasteiger partial charge in [0.25, 0.3) is 0 Å². The molecule has 0 saturated carbocycles. The highest BCUT2D eigenvalue weighted by molar-refractivity contribution is 7.16. The molecule has 2 rings (SSSR count). The number of nitrogens with two attached hydrogens (primary N) is 1. The molecule has 0 fully saturated rings. The zero-order valence-electron chi connectivity index (χ0n) is 11.4. The van der Waals surface area contributed by atoms with E-state index in [2.05, 4.69) is 0 Å². The van der Waals surface area contributed by atoms with Gasteiger partial charge in [-0.05, 0) is 32.8 Å². The molecule has 2 heterocycles. The maximum absolute atomic E-state index is 12.2. The number of aliphatic hydroxyl groups is 1. The van der Waals surface area contributed by atoms with Gasteiger partial charge in [-0.15, -0.1) is 11.3 Å². The van der Waals surface area contributed by atoms with E-state index in [1.54, 1.807) is 0 Å². The van der Waals surface area contributed by atoms with Crippen molar-refractivity contribution in [3.63, 3.8) is 0 Å². The summed E-state index contributed by atoms with van der Waals surface area (Å²) >= 11 is 1.30. The van der Waals surface area contributed by atoms with Crippen LogP contribution in [0.3, 0.4) is 0 Å². The summed E-state index contributed by atoms with van der Waals surface area (Å²) in [6, 6.07) is 0. The zero-order valence-corrected chi connectivity index (χ0v) is 12.2. The van der Waals surface area contributed by atoms with Crippen LogP contribution in [0.2, 0.25) is 0 Å². The minimum absolute atomic E-state index is 0.110. The minimum Gasteiger partial charge on any atom is -0.456 e. The molecule has 19 heavy (non-hydrogen) atoms. The third-order valence-electron chi connectivity index (χ3n) is 2.80. The van der Waals surface area contributed by atoms with E-state index in [-0.39, 0.29) is 12.7 Å². The van der Waals surface area contributed by atoms with E-state index in [4.69, 9.17) is 15.2 Å². The van der Waals surface area contributed by atoms with Gasteiger partial charge in [0.15, 0.2) is 0 Å². The Morgan fingerprint density at radius 1 is 1.58 bits per heavy atom. The number of rotatable bonds is 2. The predicted octanol–water partition coefficient (Wildman–Crippen LogP) is 1.89. The van der Waals surface area contributed by atoms with Gasteiger partial charge in [-0.3, -0.25) is 0 Å². The summed E-state index contributed by atoms with van der Waals surface area (Å²) < 4.78 is 10.8. The largest absolute Gasteiger partial charge is 0.456 e. The van der Waals surface area contributed by atoms with E-state index < -0.39 is 11.6 Å². The van der Waals surface area contributed by atoms with Crippen molar-refractivity contribution in [1.29, 1.82) is 0 Å². The molecule has 0 radical (unpaired) electrons. The van der Waals surface area contributed by atoms with Crippen LogP contribution >= 0.6 is 11.3 Å². The summed E-state index contributed by atoms with van der Waals surface area (Å²) in [4.78, 5) is 13.1. The molecule has 0 spiro atoms. The van der Waals surface area contributed by atoms with Crippen molar-refractivity contribution in [2.45, 2.75) is 38.9 Å². The number of thiophene rings is 1. The summed E-state index contributed by atoms with van der Waals surface area (Å²) in [6.45, 7) is 5.82. The summed E-state index contributed by atoms with van der Waals surface area (Å²) in [5.74, 6) is -0.402. The third kappa shape index (κ3) is 2.91. The maximum atomic E-state index is 12.2. The number of hydrogen-bond acceptors (Lipinski definition) is 6. The second kappa shape index (κ2) is 5.11. The Labute approximate surface area is 116 Å². The Balaban J connectivity index is 2.37. The summed E-state index contributed by atoms with van der Waals surface area (Å²) in [5, 5.41) is 9.72. The zero-order chi connectivity index (χ0) is 14.2. The number of ether oxygens (including phenoxy) is 2. The van der Waals surface area contributed by atoms with Gasteiger partial charge in [-0.25, -0.2) is 4.79 Å². The number of fused-ring (bicyclic) bond motifs is 1. The Morgan fingerprint density at radius 3 is 2.84 bits per heavy atom. The van der Waals surface area contributed by atoms with Gasteiger partial charge < -0.3 is 20.3 Å². The SMILES string of the molecule is CC(C)(C)OC(=O)c1c(N)sc2c1CCOC2CO. The molecule has 0 amide bonds. The molecule has 106 valence electrons. The average molecular weight is 285 g/mol. The number of aliphatic hydroxyl groups excluding tert-OH is 1. The molecular formula is C13H19NO4S. The maximum Gasteiger partial charge on any atom is 0.341 e. The van der Waals surface area contributed by atoms with Crippen LogP contribution in [0.1, 0.15) is 47.7 Å². The lowest BCUT2D eigenvalue weighted by Crippen LogP contribution is -2.26. The average Bonchev–Trinajstić information content (AvgIpc) is 2.62. The van der Waals surface area contributed by atoms with E-state index in [0.29, 0.717) is 23.6 Å².